The molecule has 0 radical (unpaired) electrons. The predicted molar refractivity (Wildman–Crippen MR) is 46.7 cm³/mol. The third kappa shape index (κ3) is 2.90. The quantitative estimate of drug-likeness (QED) is 0.645. The van der Waals surface area contributed by atoms with E-state index >= 15 is 0 Å². The highest BCUT2D eigenvalue weighted by Crippen LogP contribution is 2.08. The second-order valence-electron chi connectivity index (χ2n) is 2.31. The molecule has 0 fully saturated rings. The minimum atomic E-state index is -0.333. The van der Waals surface area contributed by atoms with Gasteiger partial charge in [0.25, 0.3) is 0 Å². The fourth-order valence-corrected chi connectivity index (χ4v) is 0.714. The molecule has 2 rings (SSSR count). The van der Waals surface area contributed by atoms with Gasteiger partial charge in [-0.05, 0) is 6.07 Å². The fraction of sp³-hybridized carbons (Fsp3) is 0.125. The Kier molecular flexibility index (Phi) is 2.97. The van der Waals surface area contributed by atoms with Crippen LogP contribution in [0.5, 0.6) is 0 Å². The van der Waals surface area contributed by atoms with E-state index in [0.29, 0.717) is 5.71 Å². The molecule has 2 heterocycles. The molecule has 2 aromatic rings. The maximum Gasteiger partial charge on any atom is 0.228 e. The number of carbonyl (C=O) groups is 1. The number of primary amides is 1. The van der Waals surface area contributed by atoms with Crippen molar-refractivity contribution in [3.8, 4) is 0 Å². The zero-order valence-electron chi connectivity index (χ0n) is 7.10. The van der Waals surface area contributed by atoms with E-state index in [9.17, 15) is 4.79 Å². The van der Waals surface area contributed by atoms with Gasteiger partial charge >= 0.3 is 0 Å². The first-order valence-corrected chi connectivity index (χ1v) is 3.59. The summed E-state index contributed by atoms with van der Waals surface area (Å²) >= 11 is 0. The van der Waals surface area contributed by atoms with Crippen molar-refractivity contribution in [2.75, 3.05) is 0 Å². The maximum atomic E-state index is 9.22. The number of nitrogens with two attached hydrogens (primary N) is 1. The molecule has 0 aromatic carbocycles. The molecule has 0 spiro atoms. The first-order chi connectivity index (χ1) is 6.20. The number of amides is 1. The summed E-state index contributed by atoms with van der Waals surface area (Å²) in [6.07, 6.45) is 4.77. The highest BCUT2D eigenvalue weighted by molar-refractivity contribution is 5.71. The maximum absolute atomic E-state index is 9.22. The minimum Gasteiger partial charge on any atom is -0.446 e. The molecule has 1 amide bonds. The summed E-state index contributed by atoms with van der Waals surface area (Å²) in [7, 11) is 0. The van der Waals surface area contributed by atoms with Crippen molar-refractivity contribution in [2.24, 2.45) is 5.73 Å². The van der Waals surface area contributed by atoms with Crippen LogP contribution in [-0.2, 0) is 4.79 Å². The number of hydrogen-bond acceptors (Lipinski definition) is 4. The van der Waals surface area contributed by atoms with E-state index in [2.05, 4.69) is 15.7 Å². The molecular weight excluding hydrogens is 170 g/mol. The number of nitrogens with zero attached hydrogens (tertiary/aromatic N) is 2. The van der Waals surface area contributed by atoms with Crippen LogP contribution in [0.2, 0.25) is 0 Å². The molecule has 5 nitrogen and oxygen atoms in total. The largest absolute Gasteiger partial charge is 0.446 e. The van der Waals surface area contributed by atoms with Crippen LogP contribution in [0.15, 0.2) is 29.3 Å². The van der Waals surface area contributed by atoms with E-state index < -0.39 is 0 Å². The van der Waals surface area contributed by atoms with Gasteiger partial charge in [0.2, 0.25) is 11.6 Å². The van der Waals surface area contributed by atoms with Gasteiger partial charge in [0, 0.05) is 13.1 Å². The van der Waals surface area contributed by atoms with Gasteiger partial charge < -0.3 is 10.2 Å². The lowest BCUT2D eigenvalue weighted by Crippen LogP contribution is -2.01. The van der Waals surface area contributed by atoms with Crippen LogP contribution < -0.4 is 5.73 Å². The summed E-state index contributed by atoms with van der Waals surface area (Å²) in [6, 6.07) is 1.83. The van der Waals surface area contributed by atoms with E-state index in [4.69, 9.17) is 4.42 Å². The lowest BCUT2D eigenvalue weighted by molar-refractivity contribution is -0.115. The number of hydrogen-bond donors (Lipinski definition) is 1. The van der Waals surface area contributed by atoms with Gasteiger partial charge in [-0.2, -0.15) is 0 Å². The van der Waals surface area contributed by atoms with Crippen LogP contribution in [0, 0.1) is 0 Å². The minimum absolute atomic E-state index is 0.333. The van der Waals surface area contributed by atoms with Crippen molar-refractivity contribution >= 4 is 17.0 Å². The summed E-state index contributed by atoms with van der Waals surface area (Å²) in [5.74, 6) is -0.333. The van der Waals surface area contributed by atoms with Gasteiger partial charge in [0.1, 0.15) is 6.33 Å². The van der Waals surface area contributed by atoms with E-state index in [0.717, 1.165) is 5.39 Å². The summed E-state index contributed by atoms with van der Waals surface area (Å²) in [6.45, 7) is 1.31. The predicted octanol–water partition coefficient (Wildman–Crippen LogP) is 0.714. The molecular formula is C8H9N3O2. The van der Waals surface area contributed by atoms with Gasteiger partial charge in [-0.3, -0.25) is 4.79 Å². The van der Waals surface area contributed by atoms with Crippen molar-refractivity contribution in [2.45, 2.75) is 6.92 Å². The lowest BCUT2D eigenvalue weighted by Gasteiger charge is -1.80. The van der Waals surface area contributed by atoms with Crippen molar-refractivity contribution in [1.82, 2.24) is 9.97 Å². The van der Waals surface area contributed by atoms with Gasteiger partial charge in [-0.25, -0.2) is 9.97 Å². The van der Waals surface area contributed by atoms with Crippen molar-refractivity contribution in [1.29, 1.82) is 0 Å². The lowest BCUT2D eigenvalue weighted by atomic mass is 10.4. The molecule has 5 heteroatoms. The molecule has 0 aliphatic rings. The molecule has 2 N–H and O–H groups in total. The fourth-order valence-electron chi connectivity index (χ4n) is 0.714. The number of rotatable bonds is 0. The van der Waals surface area contributed by atoms with E-state index in [-0.39, 0.29) is 5.91 Å². The Labute approximate surface area is 74.6 Å². The number of furan rings is 1. The van der Waals surface area contributed by atoms with Gasteiger partial charge in [-0.15, -0.1) is 0 Å². The summed E-state index contributed by atoms with van der Waals surface area (Å²) in [5, 5.41) is 0.942. The van der Waals surface area contributed by atoms with Gasteiger partial charge in [0.15, 0.2) is 0 Å². The monoisotopic (exact) mass is 179 g/mol. The molecule has 0 aliphatic heterocycles. The first-order valence-electron chi connectivity index (χ1n) is 3.59. The van der Waals surface area contributed by atoms with Gasteiger partial charge in [0.05, 0.1) is 11.6 Å². The standard InChI is InChI=1S/C6H4N2O.C2H5NO/c1-2-9-6-5(1)3-7-4-8-6;1-2(3)4/h1-4H;1H3,(H2,3,4). The zero-order valence-corrected chi connectivity index (χ0v) is 7.10. The van der Waals surface area contributed by atoms with E-state index in [1.54, 1.807) is 12.5 Å². The normalized spacial score (nSPS) is 9.00. The summed E-state index contributed by atoms with van der Waals surface area (Å²) in [4.78, 5) is 16.9. The molecule has 0 aliphatic carbocycles. The molecule has 0 unspecified atom stereocenters. The molecule has 13 heavy (non-hydrogen) atoms. The average molecular weight is 179 g/mol. The molecule has 0 saturated heterocycles. The van der Waals surface area contributed by atoms with E-state index in [1.165, 1.54) is 13.3 Å². The molecule has 2 aromatic heterocycles. The van der Waals surface area contributed by atoms with Crippen LogP contribution in [0.4, 0.5) is 0 Å². The third-order valence-electron chi connectivity index (χ3n) is 1.13. The smallest absolute Gasteiger partial charge is 0.228 e. The second kappa shape index (κ2) is 4.20. The Morgan fingerprint density at radius 3 is 2.92 bits per heavy atom. The van der Waals surface area contributed by atoms with Crippen LogP contribution >= 0.6 is 0 Å². The Morgan fingerprint density at radius 2 is 2.31 bits per heavy atom. The SMILES string of the molecule is CC(N)=O.c1ncc2ccoc2n1. The van der Waals surface area contributed by atoms with Crippen molar-refractivity contribution in [3.63, 3.8) is 0 Å². The highest BCUT2D eigenvalue weighted by atomic mass is 16.3. The molecule has 0 saturated carbocycles. The third-order valence-corrected chi connectivity index (χ3v) is 1.13. The topological polar surface area (TPSA) is 82.0 Å². The van der Waals surface area contributed by atoms with Crippen LogP contribution in [0.1, 0.15) is 6.92 Å². The zero-order chi connectivity index (χ0) is 9.68. The Balaban J connectivity index is 0.000000184. The number of fused-ring (bicyclic) bond motifs is 1. The number of carbonyl (C=O) groups excluding carboxylic acids is 1. The summed E-state index contributed by atoms with van der Waals surface area (Å²) < 4.78 is 4.97. The average Bonchev–Trinajstić information content (AvgIpc) is 2.49. The van der Waals surface area contributed by atoms with Crippen LogP contribution in [0.25, 0.3) is 11.1 Å². The summed E-state index contributed by atoms with van der Waals surface area (Å²) in [5.41, 5.74) is 5.12. The van der Waals surface area contributed by atoms with Crippen LogP contribution in [0.3, 0.4) is 0 Å². The first kappa shape index (κ1) is 9.18. The molecule has 68 valence electrons. The Morgan fingerprint density at radius 1 is 1.62 bits per heavy atom. The van der Waals surface area contributed by atoms with Crippen molar-refractivity contribution < 1.29 is 9.21 Å². The second-order valence-corrected chi connectivity index (χ2v) is 2.31. The molecule has 0 atom stereocenters. The van der Waals surface area contributed by atoms with Crippen LogP contribution in [-0.4, -0.2) is 15.9 Å². The Bertz CT molecular complexity index is 363. The van der Waals surface area contributed by atoms with E-state index in [1.807, 2.05) is 6.07 Å². The highest BCUT2D eigenvalue weighted by Gasteiger charge is 1.92. The van der Waals surface area contributed by atoms with Crippen molar-refractivity contribution in [3.05, 3.63) is 24.9 Å². The molecule has 0 bridgehead atoms. The van der Waals surface area contributed by atoms with Gasteiger partial charge in [-0.1, -0.05) is 0 Å². The number of aromatic nitrogens is 2. The Hall–Kier alpha value is -1.91.